The highest BCUT2D eigenvalue weighted by Crippen LogP contribution is 1.94. The molecule has 0 amide bonds. The molecular weight excluding hydrogens is 128 g/mol. The summed E-state index contributed by atoms with van der Waals surface area (Å²) >= 11 is 5.45. The van der Waals surface area contributed by atoms with Crippen LogP contribution < -0.4 is 5.43 Å². The molecule has 1 unspecified atom stereocenters. The number of nitrogens with one attached hydrogen (secondary N) is 1. The topological polar surface area (TPSA) is 38.1 Å². The molecule has 1 atom stereocenters. The van der Waals surface area contributed by atoms with Crippen molar-refractivity contribution in [2.75, 3.05) is 0 Å². The lowest BCUT2D eigenvalue weighted by Gasteiger charge is -2.09. The van der Waals surface area contributed by atoms with E-state index in [1.807, 2.05) is 0 Å². The monoisotopic (exact) mass is 132 g/mol. The highest BCUT2D eigenvalue weighted by Gasteiger charge is 2.04. The van der Waals surface area contributed by atoms with E-state index in [9.17, 15) is 5.21 Å². The van der Waals surface area contributed by atoms with Crippen molar-refractivity contribution in [1.29, 1.82) is 0 Å². The molecule has 0 bridgehead atoms. The SMILES string of the molecule is [O-][N+]1=CC=CC(Cl)N1. The molecule has 0 spiro atoms. The maximum atomic E-state index is 10.3. The Balaban J connectivity index is 2.59. The molecule has 44 valence electrons. The van der Waals surface area contributed by atoms with E-state index in [0.29, 0.717) is 4.85 Å². The van der Waals surface area contributed by atoms with E-state index >= 15 is 0 Å². The van der Waals surface area contributed by atoms with Gasteiger partial charge in [0, 0.05) is 6.08 Å². The normalized spacial score (nSPS) is 26.6. The molecule has 0 saturated heterocycles. The van der Waals surface area contributed by atoms with Crippen LogP contribution in [0.3, 0.4) is 0 Å². The summed E-state index contributed by atoms with van der Waals surface area (Å²) in [4.78, 5) is 0.567. The van der Waals surface area contributed by atoms with Gasteiger partial charge in [-0.05, 0) is 6.08 Å². The number of hydrazine groups is 1. The van der Waals surface area contributed by atoms with E-state index in [1.54, 1.807) is 12.2 Å². The molecule has 0 aliphatic carbocycles. The second kappa shape index (κ2) is 2.05. The van der Waals surface area contributed by atoms with Crippen molar-refractivity contribution in [1.82, 2.24) is 5.43 Å². The zero-order valence-corrected chi connectivity index (χ0v) is 4.80. The Hall–Kier alpha value is -0.700. The Kier molecular flexibility index (Phi) is 1.39. The first kappa shape index (κ1) is 5.44. The number of alkyl halides is 1. The fourth-order valence-electron chi connectivity index (χ4n) is 0.433. The standard InChI is InChI=1S/C4H5ClN2O/c5-4-2-1-3-7(8)6-4/h1-4,6H. The van der Waals surface area contributed by atoms with Crippen LogP contribution in [0.2, 0.25) is 0 Å². The third kappa shape index (κ3) is 1.13. The van der Waals surface area contributed by atoms with Crippen LogP contribution in [0.1, 0.15) is 0 Å². The minimum Gasteiger partial charge on any atom is -0.596 e. The van der Waals surface area contributed by atoms with Crippen molar-refractivity contribution >= 4 is 17.8 Å². The largest absolute Gasteiger partial charge is 0.596 e. The van der Waals surface area contributed by atoms with Gasteiger partial charge in [-0.3, -0.25) is 0 Å². The summed E-state index contributed by atoms with van der Waals surface area (Å²) in [7, 11) is 0. The molecule has 1 aliphatic heterocycles. The van der Waals surface area contributed by atoms with Crippen molar-refractivity contribution in [2.45, 2.75) is 5.50 Å². The van der Waals surface area contributed by atoms with Crippen LogP contribution in [0.25, 0.3) is 0 Å². The second-order valence-electron chi connectivity index (χ2n) is 1.39. The van der Waals surface area contributed by atoms with Gasteiger partial charge in [0.15, 0.2) is 5.50 Å². The highest BCUT2D eigenvalue weighted by atomic mass is 35.5. The lowest BCUT2D eigenvalue weighted by Crippen LogP contribution is -2.32. The zero-order valence-electron chi connectivity index (χ0n) is 4.04. The first-order valence-corrected chi connectivity index (χ1v) is 2.61. The summed E-state index contributed by atoms with van der Waals surface area (Å²) in [6.07, 6.45) is 4.62. The summed E-state index contributed by atoms with van der Waals surface area (Å²) in [6.45, 7) is 0. The molecule has 8 heavy (non-hydrogen) atoms. The van der Waals surface area contributed by atoms with Gasteiger partial charge >= 0.3 is 0 Å². The van der Waals surface area contributed by atoms with Crippen LogP contribution in [0, 0.1) is 5.21 Å². The van der Waals surface area contributed by atoms with Crippen LogP contribution in [-0.2, 0) is 0 Å². The molecule has 1 heterocycles. The Morgan fingerprint density at radius 3 is 2.88 bits per heavy atom. The molecule has 1 rings (SSSR count). The van der Waals surface area contributed by atoms with E-state index in [1.165, 1.54) is 6.21 Å². The molecule has 0 radical (unpaired) electrons. The van der Waals surface area contributed by atoms with E-state index in [0.717, 1.165) is 0 Å². The minimum atomic E-state index is -0.363. The van der Waals surface area contributed by atoms with Gasteiger partial charge in [-0.25, -0.2) is 0 Å². The smallest absolute Gasteiger partial charge is 0.206 e. The minimum absolute atomic E-state index is 0.363. The molecule has 0 aromatic carbocycles. The predicted octanol–water partition coefficient (Wildman–Crippen LogP) is 0.207. The Labute approximate surface area is 51.8 Å². The fraction of sp³-hybridized carbons (Fsp3) is 0.250. The summed E-state index contributed by atoms with van der Waals surface area (Å²) in [5.74, 6) is 0. The molecule has 0 aromatic heterocycles. The molecule has 1 aliphatic rings. The number of hydrogen-bond donors (Lipinski definition) is 1. The molecule has 0 fully saturated rings. The third-order valence-electron chi connectivity index (χ3n) is 0.752. The fourth-order valence-corrected chi connectivity index (χ4v) is 0.613. The molecular formula is C4H5ClN2O. The van der Waals surface area contributed by atoms with Crippen LogP contribution in [0.15, 0.2) is 12.2 Å². The van der Waals surface area contributed by atoms with E-state index in [-0.39, 0.29) is 5.50 Å². The number of allylic oxidation sites excluding steroid dienone is 1. The highest BCUT2D eigenvalue weighted by molar-refractivity contribution is 6.21. The van der Waals surface area contributed by atoms with Crippen LogP contribution in [0.5, 0.6) is 0 Å². The van der Waals surface area contributed by atoms with E-state index < -0.39 is 0 Å². The van der Waals surface area contributed by atoms with Crippen LogP contribution in [-0.4, -0.2) is 16.6 Å². The van der Waals surface area contributed by atoms with Gasteiger partial charge in [0.2, 0.25) is 6.21 Å². The summed E-state index contributed by atoms with van der Waals surface area (Å²) in [5, 5.41) is 10.3. The predicted molar refractivity (Wildman–Crippen MR) is 31.6 cm³/mol. The van der Waals surface area contributed by atoms with E-state index in [2.05, 4.69) is 5.43 Å². The number of hydrogen-bond acceptors (Lipinski definition) is 2. The molecule has 4 heteroatoms. The van der Waals surface area contributed by atoms with Crippen molar-refractivity contribution in [2.24, 2.45) is 0 Å². The van der Waals surface area contributed by atoms with Gasteiger partial charge in [-0.15, -0.1) is 0 Å². The Morgan fingerprint density at radius 2 is 2.50 bits per heavy atom. The molecule has 0 aromatic rings. The van der Waals surface area contributed by atoms with Crippen molar-refractivity contribution in [3.63, 3.8) is 0 Å². The Bertz CT molecular complexity index is 143. The molecule has 3 nitrogen and oxygen atoms in total. The first-order chi connectivity index (χ1) is 3.79. The Morgan fingerprint density at radius 1 is 1.75 bits per heavy atom. The van der Waals surface area contributed by atoms with Gasteiger partial charge in [-0.1, -0.05) is 16.4 Å². The van der Waals surface area contributed by atoms with Crippen molar-refractivity contribution in [3.05, 3.63) is 17.4 Å². The maximum absolute atomic E-state index is 10.3. The maximum Gasteiger partial charge on any atom is 0.206 e. The van der Waals surface area contributed by atoms with Crippen LogP contribution >= 0.6 is 11.6 Å². The van der Waals surface area contributed by atoms with Crippen molar-refractivity contribution < 1.29 is 4.85 Å². The second-order valence-corrected chi connectivity index (χ2v) is 1.86. The zero-order chi connectivity index (χ0) is 5.98. The number of nitrogens with zero attached hydrogens (tertiary/aromatic N) is 1. The number of hydrazone groups is 1. The summed E-state index contributed by atoms with van der Waals surface area (Å²) < 4.78 is 0. The van der Waals surface area contributed by atoms with E-state index in [4.69, 9.17) is 11.6 Å². The lowest BCUT2D eigenvalue weighted by atomic mass is 10.5. The first-order valence-electron chi connectivity index (χ1n) is 2.17. The van der Waals surface area contributed by atoms with Crippen LogP contribution in [0.4, 0.5) is 0 Å². The average Bonchev–Trinajstić information content (AvgIpc) is 1.64. The third-order valence-corrected chi connectivity index (χ3v) is 0.995. The number of rotatable bonds is 0. The molecule has 1 N–H and O–H groups in total. The van der Waals surface area contributed by atoms with Gasteiger partial charge in [-0.2, -0.15) is 5.43 Å². The van der Waals surface area contributed by atoms with Crippen molar-refractivity contribution in [3.8, 4) is 0 Å². The van der Waals surface area contributed by atoms with Gasteiger partial charge < -0.3 is 5.21 Å². The van der Waals surface area contributed by atoms with Gasteiger partial charge in [0.25, 0.3) is 0 Å². The summed E-state index contributed by atoms with van der Waals surface area (Å²) in [5.41, 5.74) is 2.02. The number of halogens is 1. The quantitative estimate of drug-likeness (QED) is 0.221. The lowest BCUT2D eigenvalue weighted by molar-refractivity contribution is -0.520. The van der Waals surface area contributed by atoms with Gasteiger partial charge in [0.05, 0.1) is 0 Å². The molecule has 0 saturated carbocycles. The van der Waals surface area contributed by atoms with Gasteiger partial charge in [0.1, 0.15) is 0 Å². The summed E-state index contributed by atoms with van der Waals surface area (Å²) in [6, 6.07) is 0. The average molecular weight is 133 g/mol.